The van der Waals surface area contributed by atoms with Crippen molar-refractivity contribution in [2.75, 3.05) is 20.8 Å². The highest BCUT2D eigenvalue weighted by Gasteiger charge is 2.20. The summed E-state index contributed by atoms with van der Waals surface area (Å²) in [7, 11) is -0.773. The van der Waals surface area contributed by atoms with Gasteiger partial charge in [0.05, 0.1) is 14.2 Å². The molecule has 0 unspecified atom stereocenters. The second-order valence-corrected chi connectivity index (χ2v) is 4.60. The Balaban J connectivity index is 3.24. The quantitative estimate of drug-likeness (QED) is 0.813. The normalized spacial score (nSPS) is 11.2. The van der Waals surface area contributed by atoms with Gasteiger partial charge in [0.25, 0.3) is 0 Å². The summed E-state index contributed by atoms with van der Waals surface area (Å²) in [5.74, 6) is 0.313. The van der Waals surface area contributed by atoms with E-state index in [0.717, 1.165) is 0 Å². The first kappa shape index (κ1) is 12.7. The number of rotatable bonds is 5. The smallest absolute Gasteiger partial charge is 0.245 e. The zero-order valence-corrected chi connectivity index (χ0v) is 10.2. The fourth-order valence-corrected chi connectivity index (χ4v) is 2.28. The Morgan fingerprint density at radius 1 is 1.31 bits per heavy atom. The van der Waals surface area contributed by atoms with Crippen LogP contribution in [0.25, 0.3) is 0 Å². The summed E-state index contributed by atoms with van der Waals surface area (Å²) in [5.41, 5.74) is 0. The molecular weight excluding hydrogens is 232 g/mol. The summed E-state index contributed by atoms with van der Waals surface area (Å²) < 4.78 is 35.6. The van der Waals surface area contributed by atoms with Crippen molar-refractivity contribution in [1.82, 2.24) is 9.71 Å². The van der Waals surface area contributed by atoms with Crippen LogP contribution in [-0.2, 0) is 10.0 Å². The molecule has 0 atom stereocenters. The largest absolute Gasteiger partial charge is 0.481 e. The van der Waals surface area contributed by atoms with E-state index in [2.05, 4.69) is 9.71 Å². The first-order valence-electron chi connectivity index (χ1n) is 4.63. The van der Waals surface area contributed by atoms with Crippen molar-refractivity contribution in [2.24, 2.45) is 0 Å². The van der Waals surface area contributed by atoms with Crippen LogP contribution >= 0.6 is 0 Å². The zero-order valence-electron chi connectivity index (χ0n) is 9.35. The number of nitrogens with zero attached hydrogens (tertiary/aromatic N) is 1. The molecular formula is C9H14N2O4S. The number of aromatic nitrogens is 1. The molecule has 1 aromatic rings. The van der Waals surface area contributed by atoms with Gasteiger partial charge in [-0.15, -0.1) is 0 Å². The lowest BCUT2D eigenvalue weighted by Crippen LogP contribution is -2.23. The van der Waals surface area contributed by atoms with Crippen LogP contribution in [0.1, 0.15) is 6.92 Å². The second kappa shape index (κ2) is 5.13. The Kier molecular flexibility index (Phi) is 4.08. The average Bonchev–Trinajstić information content (AvgIpc) is 2.28. The van der Waals surface area contributed by atoms with Gasteiger partial charge in [-0.2, -0.15) is 4.98 Å². The number of hydrogen-bond acceptors (Lipinski definition) is 5. The lowest BCUT2D eigenvalue weighted by atomic mass is 10.5. The van der Waals surface area contributed by atoms with Crippen LogP contribution in [0.15, 0.2) is 17.0 Å². The highest BCUT2D eigenvalue weighted by Crippen LogP contribution is 2.23. The summed E-state index contributed by atoms with van der Waals surface area (Å²) in [6.07, 6.45) is 0. The van der Waals surface area contributed by atoms with E-state index in [1.165, 1.54) is 26.4 Å². The van der Waals surface area contributed by atoms with Crippen molar-refractivity contribution in [2.45, 2.75) is 11.8 Å². The van der Waals surface area contributed by atoms with E-state index in [-0.39, 0.29) is 10.8 Å². The number of pyridine rings is 1. The van der Waals surface area contributed by atoms with Gasteiger partial charge in [-0.05, 0) is 6.07 Å². The molecule has 7 heteroatoms. The number of nitrogens with one attached hydrogen (secondary N) is 1. The zero-order chi connectivity index (χ0) is 12.2. The molecule has 90 valence electrons. The molecule has 0 aliphatic carbocycles. The molecule has 0 spiro atoms. The summed E-state index contributed by atoms with van der Waals surface area (Å²) in [5, 5.41) is 0. The first-order chi connectivity index (χ1) is 7.55. The molecule has 1 aromatic heterocycles. The first-order valence-corrected chi connectivity index (χ1v) is 6.12. The monoisotopic (exact) mass is 246 g/mol. The summed E-state index contributed by atoms with van der Waals surface area (Å²) in [4.78, 5) is 3.89. The summed E-state index contributed by atoms with van der Waals surface area (Å²) >= 11 is 0. The van der Waals surface area contributed by atoms with Crippen molar-refractivity contribution in [3.8, 4) is 11.8 Å². The van der Waals surface area contributed by atoms with Gasteiger partial charge in [-0.25, -0.2) is 13.1 Å². The molecule has 0 bridgehead atoms. The molecule has 0 saturated heterocycles. The number of ether oxygens (including phenoxy) is 2. The SMILES string of the molecule is CCNS(=O)(=O)c1ccc(OC)nc1OC. The van der Waals surface area contributed by atoms with E-state index in [1.807, 2.05) is 0 Å². The third-order valence-corrected chi connectivity index (χ3v) is 3.38. The minimum absolute atomic E-state index is 0.00218. The molecule has 0 fully saturated rings. The van der Waals surface area contributed by atoms with Crippen molar-refractivity contribution in [3.05, 3.63) is 12.1 Å². The molecule has 1 heterocycles. The maximum Gasteiger partial charge on any atom is 0.245 e. The molecule has 0 saturated carbocycles. The summed E-state index contributed by atoms with van der Waals surface area (Å²) in [6.45, 7) is 2.00. The van der Waals surface area contributed by atoms with Crippen LogP contribution in [0.3, 0.4) is 0 Å². The average molecular weight is 246 g/mol. The van der Waals surface area contributed by atoms with Crippen LogP contribution in [0.2, 0.25) is 0 Å². The van der Waals surface area contributed by atoms with Gasteiger partial charge in [0.2, 0.25) is 21.8 Å². The number of methoxy groups -OCH3 is 2. The molecule has 16 heavy (non-hydrogen) atoms. The Labute approximate surface area is 94.6 Å². The molecule has 0 radical (unpaired) electrons. The fraction of sp³-hybridized carbons (Fsp3) is 0.444. The van der Waals surface area contributed by atoms with E-state index in [0.29, 0.717) is 12.4 Å². The maximum atomic E-state index is 11.7. The predicted molar refractivity (Wildman–Crippen MR) is 58.2 cm³/mol. The standard InChI is InChI=1S/C9H14N2O4S/c1-4-10-16(12,13)7-5-6-8(14-2)11-9(7)15-3/h5-6,10H,4H2,1-3H3. The summed E-state index contributed by atoms with van der Waals surface area (Å²) in [6, 6.07) is 2.86. The molecule has 0 aliphatic heterocycles. The van der Waals surface area contributed by atoms with Gasteiger partial charge >= 0.3 is 0 Å². The van der Waals surface area contributed by atoms with Crippen LogP contribution in [0.5, 0.6) is 11.8 Å². The topological polar surface area (TPSA) is 77.5 Å². The molecule has 0 aliphatic rings. The van der Waals surface area contributed by atoms with Gasteiger partial charge in [0.15, 0.2) is 0 Å². The van der Waals surface area contributed by atoms with Crippen molar-refractivity contribution in [3.63, 3.8) is 0 Å². The van der Waals surface area contributed by atoms with Gasteiger partial charge in [0, 0.05) is 12.6 Å². The minimum Gasteiger partial charge on any atom is -0.481 e. The Hall–Kier alpha value is -1.34. The minimum atomic E-state index is -3.57. The maximum absolute atomic E-state index is 11.7. The predicted octanol–water partition coefficient (Wildman–Crippen LogP) is 0.397. The van der Waals surface area contributed by atoms with Crippen molar-refractivity contribution < 1.29 is 17.9 Å². The van der Waals surface area contributed by atoms with Crippen LogP contribution in [0, 0.1) is 0 Å². The van der Waals surface area contributed by atoms with Crippen LogP contribution in [-0.4, -0.2) is 34.2 Å². The number of hydrogen-bond donors (Lipinski definition) is 1. The van der Waals surface area contributed by atoms with Gasteiger partial charge in [-0.1, -0.05) is 6.92 Å². The van der Waals surface area contributed by atoms with Crippen LogP contribution < -0.4 is 14.2 Å². The lowest BCUT2D eigenvalue weighted by Gasteiger charge is -2.09. The molecule has 0 aromatic carbocycles. The fourth-order valence-electron chi connectivity index (χ4n) is 1.14. The highest BCUT2D eigenvalue weighted by atomic mass is 32.2. The van der Waals surface area contributed by atoms with E-state index in [4.69, 9.17) is 9.47 Å². The van der Waals surface area contributed by atoms with Crippen LogP contribution in [0.4, 0.5) is 0 Å². The van der Waals surface area contributed by atoms with E-state index in [1.54, 1.807) is 6.92 Å². The third-order valence-electron chi connectivity index (χ3n) is 1.83. The van der Waals surface area contributed by atoms with E-state index >= 15 is 0 Å². The van der Waals surface area contributed by atoms with Gasteiger partial charge in [-0.3, -0.25) is 0 Å². The number of sulfonamides is 1. The van der Waals surface area contributed by atoms with E-state index in [9.17, 15) is 8.42 Å². The molecule has 6 nitrogen and oxygen atoms in total. The highest BCUT2D eigenvalue weighted by molar-refractivity contribution is 7.89. The van der Waals surface area contributed by atoms with Gasteiger partial charge < -0.3 is 9.47 Å². The van der Waals surface area contributed by atoms with Gasteiger partial charge in [0.1, 0.15) is 4.90 Å². The Morgan fingerprint density at radius 3 is 2.50 bits per heavy atom. The van der Waals surface area contributed by atoms with Crippen molar-refractivity contribution in [1.29, 1.82) is 0 Å². The van der Waals surface area contributed by atoms with Crippen molar-refractivity contribution >= 4 is 10.0 Å². The van der Waals surface area contributed by atoms with E-state index < -0.39 is 10.0 Å². The Morgan fingerprint density at radius 2 is 2.00 bits per heavy atom. The molecule has 1 N–H and O–H groups in total. The third kappa shape index (κ3) is 2.61. The molecule has 1 rings (SSSR count). The Bertz CT molecular complexity index is 459. The lowest BCUT2D eigenvalue weighted by molar-refractivity contribution is 0.356. The molecule has 0 amide bonds. The second-order valence-electron chi connectivity index (χ2n) is 2.86.